The Kier molecular flexibility index (Phi) is 6.78. The van der Waals surface area contributed by atoms with Crippen LogP contribution in [0, 0.1) is 5.82 Å². The Bertz CT molecular complexity index is 463. The highest BCUT2D eigenvalue weighted by Gasteiger charge is 2.26. The molecule has 0 aliphatic heterocycles. The van der Waals surface area contributed by atoms with E-state index in [0.717, 1.165) is 18.5 Å². The lowest BCUT2D eigenvalue weighted by molar-refractivity contribution is -0.130. The van der Waals surface area contributed by atoms with Gasteiger partial charge in [-0.05, 0) is 37.6 Å². The number of likely N-dealkylation sites (N-methyl/N-ethyl adjacent to an activating group) is 1. The normalized spacial score (nSPS) is 14.0. The number of hydrogen-bond donors (Lipinski definition) is 1. The van der Waals surface area contributed by atoms with Crippen LogP contribution in [0.5, 0.6) is 0 Å². The Morgan fingerprint density at radius 1 is 1.38 bits per heavy atom. The molecule has 0 spiro atoms. The zero-order valence-electron chi connectivity index (χ0n) is 13.3. The Morgan fingerprint density at radius 3 is 2.52 bits per heavy atom. The molecule has 0 aliphatic rings. The van der Waals surface area contributed by atoms with Crippen LogP contribution in [0.4, 0.5) is 4.39 Å². The van der Waals surface area contributed by atoms with E-state index in [2.05, 4.69) is 6.92 Å². The van der Waals surface area contributed by atoms with Crippen LogP contribution in [0.15, 0.2) is 24.3 Å². The van der Waals surface area contributed by atoms with Crippen molar-refractivity contribution in [3.05, 3.63) is 35.6 Å². The summed E-state index contributed by atoms with van der Waals surface area (Å²) in [6.07, 6.45) is 0.902. The minimum absolute atomic E-state index is 0.0190. The van der Waals surface area contributed by atoms with Crippen LogP contribution >= 0.6 is 0 Å². The molecule has 1 aromatic rings. The van der Waals surface area contributed by atoms with E-state index in [1.54, 1.807) is 25.1 Å². The van der Waals surface area contributed by atoms with Crippen molar-refractivity contribution in [2.45, 2.75) is 32.4 Å². The molecule has 4 nitrogen and oxygen atoms in total. The largest absolute Gasteiger partial charge is 0.348 e. The number of benzene rings is 1. The first-order valence-corrected chi connectivity index (χ1v) is 7.32. The number of carbonyl (C=O) groups is 1. The van der Waals surface area contributed by atoms with Gasteiger partial charge >= 0.3 is 0 Å². The highest BCUT2D eigenvalue weighted by Crippen LogP contribution is 2.24. The Balaban J connectivity index is 3.05. The van der Waals surface area contributed by atoms with Crippen molar-refractivity contribution in [1.29, 1.82) is 0 Å². The van der Waals surface area contributed by atoms with Gasteiger partial charge in [-0.2, -0.15) is 0 Å². The second-order valence-corrected chi connectivity index (χ2v) is 5.62. The van der Waals surface area contributed by atoms with E-state index in [1.165, 1.54) is 12.1 Å². The third-order valence-electron chi connectivity index (χ3n) is 3.43. The number of amides is 1. The smallest absolute Gasteiger partial charge is 0.236 e. The molecule has 0 saturated carbocycles. The maximum absolute atomic E-state index is 13.5. The minimum atomic E-state index is -0.284. The van der Waals surface area contributed by atoms with E-state index in [0.29, 0.717) is 0 Å². The fourth-order valence-corrected chi connectivity index (χ4v) is 2.46. The van der Waals surface area contributed by atoms with E-state index < -0.39 is 0 Å². The van der Waals surface area contributed by atoms with Crippen molar-refractivity contribution in [2.24, 2.45) is 5.73 Å². The molecule has 2 N–H and O–H groups in total. The number of nitrogens with two attached hydrogens (primary N) is 1. The van der Waals surface area contributed by atoms with E-state index in [9.17, 15) is 9.18 Å². The van der Waals surface area contributed by atoms with Crippen molar-refractivity contribution in [1.82, 2.24) is 9.80 Å². The molecule has 0 fully saturated rings. The molecule has 0 bridgehead atoms. The molecule has 5 heteroatoms. The van der Waals surface area contributed by atoms with Gasteiger partial charge in [-0.3, -0.25) is 9.69 Å². The van der Waals surface area contributed by atoms with Crippen molar-refractivity contribution >= 4 is 5.91 Å². The molecule has 2 unspecified atom stereocenters. The highest BCUT2D eigenvalue weighted by molar-refractivity contribution is 5.77. The van der Waals surface area contributed by atoms with Crippen LogP contribution in [-0.2, 0) is 4.79 Å². The summed E-state index contributed by atoms with van der Waals surface area (Å²) in [6.45, 7) is 4.96. The first-order valence-electron chi connectivity index (χ1n) is 7.32. The van der Waals surface area contributed by atoms with Crippen molar-refractivity contribution < 1.29 is 9.18 Å². The fourth-order valence-electron chi connectivity index (χ4n) is 2.46. The summed E-state index contributed by atoms with van der Waals surface area (Å²) in [7, 11) is 3.46. The first kappa shape index (κ1) is 17.6. The predicted molar refractivity (Wildman–Crippen MR) is 83.3 cm³/mol. The van der Waals surface area contributed by atoms with E-state index >= 15 is 0 Å². The number of halogens is 1. The zero-order valence-corrected chi connectivity index (χ0v) is 13.3. The lowest BCUT2D eigenvalue weighted by atomic mass is 9.98. The molecule has 0 heterocycles. The molecular formula is C16H26FN3O. The van der Waals surface area contributed by atoms with Gasteiger partial charge in [0, 0.05) is 20.1 Å². The number of nitrogens with zero attached hydrogens (tertiary/aromatic N) is 2. The first-order chi connectivity index (χ1) is 9.86. The third kappa shape index (κ3) is 5.10. The summed E-state index contributed by atoms with van der Waals surface area (Å²) in [5.41, 5.74) is 6.92. The molecule has 118 valence electrons. The average molecular weight is 295 g/mol. The lowest BCUT2D eigenvalue weighted by Crippen LogP contribution is -2.44. The molecule has 1 rings (SSSR count). The van der Waals surface area contributed by atoms with Gasteiger partial charge in [-0.15, -0.1) is 0 Å². The second-order valence-electron chi connectivity index (χ2n) is 5.62. The molecule has 0 aliphatic carbocycles. The number of carbonyl (C=O) groups excluding carboxylic acids is 1. The SMILES string of the molecule is CCCN(CC(=O)N(C)C)C(c1cccc(F)c1)C(C)N. The zero-order chi connectivity index (χ0) is 16.0. The molecule has 21 heavy (non-hydrogen) atoms. The van der Waals surface area contributed by atoms with Gasteiger partial charge in [0.1, 0.15) is 5.82 Å². The lowest BCUT2D eigenvalue weighted by Gasteiger charge is -2.34. The Morgan fingerprint density at radius 2 is 2.05 bits per heavy atom. The van der Waals surface area contributed by atoms with Crippen LogP contribution in [-0.4, -0.2) is 48.9 Å². The summed E-state index contributed by atoms with van der Waals surface area (Å²) in [6, 6.07) is 6.07. The van der Waals surface area contributed by atoms with Crippen LogP contribution < -0.4 is 5.73 Å². The molecule has 1 aromatic carbocycles. The molecule has 1 amide bonds. The topological polar surface area (TPSA) is 49.6 Å². The van der Waals surface area contributed by atoms with Crippen LogP contribution in [0.1, 0.15) is 31.9 Å². The van der Waals surface area contributed by atoms with Crippen molar-refractivity contribution in [2.75, 3.05) is 27.2 Å². The van der Waals surface area contributed by atoms with Gasteiger partial charge in [-0.1, -0.05) is 19.1 Å². The van der Waals surface area contributed by atoms with E-state index in [4.69, 9.17) is 5.73 Å². The summed E-state index contributed by atoms with van der Waals surface area (Å²) >= 11 is 0. The van der Waals surface area contributed by atoms with Gasteiger partial charge in [0.2, 0.25) is 5.91 Å². The fraction of sp³-hybridized carbons (Fsp3) is 0.562. The van der Waals surface area contributed by atoms with E-state index in [1.807, 2.05) is 17.9 Å². The molecular weight excluding hydrogens is 269 g/mol. The Labute approximate surface area is 126 Å². The molecule has 0 aromatic heterocycles. The summed E-state index contributed by atoms with van der Waals surface area (Å²) in [5, 5.41) is 0. The van der Waals surface area contributed by atoms with Crippen molar-refractivity contribution in [3.8, 4) is 0 Å². The van der Waals surface area contributed by atoms with Gasteiger partial charge in [-0.25, -0.2) is 4.39 Å². The van der Waals surface area contributed by atoms with Gasteiger partial charge < -0.3 is 10.6 Å². The number of hydrogen-bond acceptors (Lipinski definition) is 3. The summed E-state index contributed by atoms with van der Waals surface area (Å²) < 4.78 is 13.5. The standard InChI is InChI=1S/C16H26FN3O/c1-5-9-20(11-15(21)19(3)4)16(12(2)18)13-7-6-8-14(17)10-13/h6-8,10,12,16H,5,9,11,18H2,1-4H3. The maximum Gasteiger partial charge on any atom is 0.236 e. The van der Waals surface area contributed by atoms with Gasteiger partial charge in [0.15, 0.2) is 0 Å². The Hall–Kier alpha value is -1.46. The van der Waals surface area contributed by atoms with Gasteiger partial charge in [0.05, 0.1) is 12.6 Å². The van der Waals surface area contributed by atoms with Crippen LogP contribution in [0.25, 0.3) is 0 Å². The van der Waals surface area contributed by atoms with Gasteiger partial charge in [0.25, 0.3) is 0 Å². The van der Waals surface area contributed by atoms with Crippen LogP contribution in [0.2, 0.25) is 0 Å². The van der Waals surface area contributed by atoms with Crippen LogP contribution in [0.3, 0.4) is 0 Å². The minimum Gasteiger partial charge on any atom is -0.348 e. The second kappa shape index (κ2) is 8.10. The highest BCUT2D eigenvalue weighted by atomic mass is 19.1. The predicted octanol–water partition coefficient (Wildman–Crippen LogP) is 2.01. The van der Waals surface area contributed by atoms with Crippen molar-refractivity contribution in [3.63, 3.8) is 0 Å². The molecule has 0 radical (unpaired) electrons. The molecule has 0 saturated heterocycles. The maximum atomic E-state index is 13.5. The third-order valence-corrected chi connectivity index (χ3v) is 3.43. The molecule has 2 atom stereocenters. The number of rotatable bonds is 7. The average Bonchev–Trinajstić information content (AvgIpc) is 2.38. The monoisotopic (exact) mass is 295 g/mol. The quantitative estimate of drug-likeness (QED) is 0.837. The summed E-state index contributed by atoms with van der Waals surface area (Å²) in [4.78, 5) is 15.6. The summed E-state index contributed by atoms with van der Waals surface area (Å²) in [5.74, 6) is -0.265. The van der Waals surface area contributed by atoms with E-state index in [-0.39, 0.29) is 30.4 Å².